The molecule has 0 radical (unpaired) electrons. The van der Waals surface area contributed by atoms with Crippen LogP contribution in [0.4, 0.5) is 0 Å². The number of benzene rings is 2. The molecular weight excluding hydrogens is 330 g/mol. The van der Waals surface area contributed by atoms with Gasteiger partial charge in [-0.05, 0) is 41.5 Å². The van der Waals surface area contributed by atoms with Gasteiger partial charge in [-0.25, -0.2) is 0 Å². The number of likely N-dealkylation sites (N-methyl/N-ethyl adjacent to an activating group) is 1. The number of hydrogen-bond acceptors (Lipinski definition) is 4. The number of carbonyl (C=O) groups is 1. The van der Waals surface area contributed by atoms with Crippen LogP contribution in [-0.4, -0.2) is 38.2 Å². The minimum atomic E-state index is -0.0621. The molecular formula is C21H23NO4. The molecule has 1 amide bonds. The summed E-state index contributed by atoms with van der Waals surface area (Å²) in [5.41, 5.74) is 1.95. The lowest BCUT2D eigenvalue weighted by Crippen LogP contribution is -2.24. The Balaban J connectivity index is 1.62. The summed E-state index contributed by atoms with van der Waals surface area (Å²) in [4.78, 5) is 14.0. The molecule has 0 unspecified atom stereocenters. The number of ether oxygens (including phenoxy) is 3. The average molecular weight is 353 g/mol. The smallest absolute Gasteiger partial charge is 0.246 e. The third-order valence-corrected chi connectivity index (χ3v) is 4.14. The number of amides is 1. The molecule has 0 aromatic heterocycles. The standard InChI is InChI=1S/C21H23NO4/c1-22(15-17-4-8-18(24-2)9-5-17)21(23)11-7-16-6-10-19-20(14-16)26-13-3-12-25-19/h4-11,14H,3,12-13,15H2,1-2H3/b11-7+. The zero-order valence-corrected chi connectivity index (χ0v) is 15.1. The first-order chi connectivity index (χ1) is 12.7. The van der Waals surface area contributed by atoms with Crippen LogP contribution >= 0.6 is 0 Å². The lowest BCUT2D eigenvalue weighted by atomic mass is 10.1. The molecule has 0 saturated carbocycles. The molecule has 0 fully saturated rings. The van der Waals surface area contributed by atoms with Crippen LogP contribution in [0.3, 0.4) is 0 Å². The Kier molecular flexibility index (Phi) is 5.79. The SMILES string of the molecule is COc1ccc(CN(C)C(=O)/C=C/c2ccc3c(c2)OCCCO3)cc1. The largest absolute Gasteiger partial charge is 0.497 e. The monoisotopic (exact) mass is 353 g/mol. The number of methoxy groups -OCH3 is 1. The lowest BCUT2D eigenvalue weighted by molar-refractivity contribution is -0.125. The van der Waals surface area contributed by atoms with Crippen molar-refractivity contribution >= 4 is 12.0 Å². The van der Waals surface area contributed by atoms with E-state index >= 15 is 0 Å². The lowest BCUT2D eigenvalue weighted by Gasteiger charge is -2.15. The highest BCUT2D eigenvalue weighted by molar-refractivity contribution is 5.91. The van der Waals surface area contributed by atoms with E-state index in [1.165, 1.54) is 0 Å². The van der Waals surface area contributed by atoms with Gasteiger partial charge in [0.15, 0.2) is 11.5 Å². The molecule has 5 heteroatoms. The maximum absolute atomic E-state index is 12.3. The summed E-state index contributed by atoms with van der Waals surface area (Å²) in [6.07, 6.45) is 4.23. The maximum atomic E-state index is 12.3. The Morgan fingerprint density at radius 3 is 2.58 bits per heavy atom. The van der Waals surface area contributed by atoms with Crippen molar-refractivity contribution in [1.29, 1.82) is 0 Å². The zero-order chi connectivity index (χ0) is 18.4. The third-order valence-electron chi connectivity index (χ3n) is 4.14. The van der Waals surface area contributed by atoms with Crippen LogP contribution in [0.2, 0.25) is 0 Å². The molecule has 0 aliphatic carbocycles. The van der Waals surface area contributed by atoms with Crippen molar-refractivity contribution in [1.82, 2.24) is 4.90 Å². The van der Waals surface area contributed by atoms with E-state index in [-0.39, 0.29) is 5.91 Å². The molecule has 1 aliphatic heterocycles. The van der Waals surface area contributed by atoms with Crippen molar-refractivity contribution in [2.24, 2.45) is 0 Å². The molecule has 0 bridgehead atoms. The van der Waals surface area contributed by atoms with Crippen LogP contribution < -0.4 is 14.2 Å². The van der Waals surface area contributed by atoms with Gasteiger partial charge in [-0.3, -0.25) is 4.79 Å². The van der Waals surface area contributed by atoms with Crippen LogP contribution in [0.15, 0.2) is 48.5 Å². The highest BCUT2D eigenvalue weighted by Gasteiger charge is 2.10. The first kappa shape index (κ1) is 17.9. The quantitative estimate of drug-likeness (QED) is 0.772. The Morgan fingerprint density at radius 2 is 1.85 bits per heavy atom. The van der Waals surface area contributed by atoms with E-state index in [1.54, 1.807) is 31.2 Å². The van der Waals surface area contributed by atoms with Crippen molar-refractivity contribution in [2.75, 3.05) is 27.4 Å². The predicted octanol–water partition coefficient (Wildman–Crippen LogP) is 3.53. The van der Waals surface area contributed by atoms with Gasteiger partial charge in [-0.1, -0.05) is 18.2 Å². The average Bonchev–Trinajstić information content (AvgIpc) is 2.91. The highest BCUT2D eigenvalue weighted by Crippen LogP contribution is 2.30. The molecule has 3 rings (SSSR count). The van der Waals surface area contributed by atoms with Crippen LogP contribution in [0, 0.1) is 0 Å². The second kappa shape index (κ2) is 8.43. The van der Waals surface area contributed by atoms with E-state index in [0.29, 0.717) is 19.8 Å². The molecule has 136 valence electrons. The topological polar surface area (TPSA) is 48.0 Å². The van der Waals surface area contributed by atoms with E-state index in [9.17, 15) is 4.79 Å². The first-order valence-electron chi connectivity index (χ1n) is 8.61. The van der Waals surface area contributed by atoms with E-state index in [4.69, 9.17) is 14.2 Å². The maximum Gasteiger partial charge on any atom is 0.246 e. The fourth-order valence-electron chi connectivity index (χ4n) is 2.66. The summed E-state index contributed by atoms with van der Waals surface area (Å²) >= 11 is 0. The first-order valence-corrected chi connectivity index (χ1v) is 8.61. The van der Waals surface area contributed by atoms with Crippen LogP contribution in [0.1, 0.15) is 17.5 Å². The molecule has 2 aromatic rings. The number of carbonyl (C=O) groups excluding carboxylic acids is 1. The Morgan fingerprint density at radius 1 is 1.12 bits per heavy atom. The van der Waals surface area contributed by atoms with Crippen LogP contribution in [-0.2, 0) is 11.3 Å². The van der Waals surface area contributed by atoms with Gasteiger partial charge in [0, 0.05) is 26.1 Å². The van der Waals surface area contributed by atoms with E-state index in [0.717, 1.165) is 34.8 Å². The molecule has 0 atom stereocenters. The molecule has 26 heavy (non-hydrogen) atoms. The summed E-state index contributed by atoms with van der Waals surface area (Å²) in [5.74, 6) is 2.22. The number of fused-ring (bicyclic) bond motifs is 1. The number of rotatable bonds is 5. The van der Waals surface area contributed by atoms with Gasteiger partial charge in [0.1, 0.15) is 5.75 Å². The second-order valence-corrected chi connectivity index (χ2v) is 6.13. The van der Waals surface area contributed by atoms with Gasteiger partial charge in [0.05, 0.1) is 20.3 Å². The third kappa shape index (κ3) is 4.57. The van der Waals surface area contributed by atoms with Crippen molar-refractivity contribution < 1.29 is 19.0 Å². The molecule has 0 spiro atoms. The fraction of sp³-hybridized carbons (Fsp3) is 0.286. The number of nitrogens with zero attached hydrogens (tertiary/aromatic N) is 1. The van der Waals surface area contributed by atoms with Crippen molar-refractivity contribution in [3.63, 3.8) is 0 Å². The summed E-state index contributed by atoms with van der Waals surface area (Å²) in [6, 6.07) is 13.4. The number of hydrogen-bond donors (Lipinski definition) is 0. The van der Waals surface area contributed by atoms with Crippen LogP contribution in [0.25, 0.3) is 6.08 Å². The minimum absolute atomic E-state index is 0.0621. The molecule has 1 aliphatic rings. The van der Waals surface area contributed by atoms with Gasteiger partial charge >= 0.3 is 0 Å². The minimum Gasteiger partial charge on any atom is -0.497 e. The molecule has 0 saturated heterocycles. The Hall–Kier alpha value is -2.95. The van der Waals surface area contributed by atoms with Crippen molar-refractivity contribution in [2.45, 2.75) is 13.0 Å². The molecule has 5 nitrogen and oxygen atoms in total. The zero-order valence-electron chi connectivity index (χ0n) is 15.1. The van der Waals surface area contributed by atoms with Crippen molar-refractivity contribution in [3.05, 3.63) is 59.7 Å². The Bertz CT molecular complexity index is 783. The van der Waals surface area contributed by atoms with Gasteiger partial charge < -0.3 is 19.1 Å². The van der Waals surface area contributed by atoms with Gasteiger partial charge in [-0.15, -0.1) is 0 Å². The van der Waals surface area contributed by atoms with E-state index in [2.05, 4.69) is 0 Å². The summed E-state index contributed by atoms with van der Waals surface area (Å²) in [6.45, 7) is 1.84. The normalized spacial score (nSPS) is 13.3. The van der Waals surface area contributed by atoms with Crippen LogP contribution in [0.5, 0.6) is 17.2 Å². The second-order valence-electron chi connectivity index (χ2n) is 6.13. The highest BCUT2D eigenvalue weighted by atomic mass is 16.5. The summed E-state index contributed by atoms with van der Waals surface area (Å²) in [5, 5.41) is 0. The van der Waals surface area contributed by atoms with Crippen molar-refractivity contribution in [3.8, 4) is 17.2 Å². The van der Waals surface area contributed by atoms with E-state index in [1.807, 2.05) is 42.5 Å². The molecule has 1 heterocycles. The summed E-state index contributed by atoms with van der Waals surface area (Å²) in [7, 11) is 3.42. The van der Waals surface area contributed by atoms with Gasteiger partial charge in [0.25, 0.3) is 0 Å². The van der Waals surface area contributed by atoms with Gasteiger partial charge in [0.2, 0.25) is 5.91 Å². The predicted molar refractivity (Wildman–Crippen MR) is 101 cm³/mol. The molecule has 2 aromatic carbocycles. The van der Waals surface area contributed by atoms with E-state index < -0.39 is 0 Å². The molecule has 0 N–H and O–H groups in total. The van der Waals surface area contributed by atoms with Gasteiger partial charge in [-0.2, -0.15) is 0 Å². The Labute approximate surface area is 153 Å². The summed E-state index contributed by atoms with van der Waals surface area (Å²) < 4.78 is 16.4. The fourth-order valence-corrected chi connectivity index (χ4v) is 2.66.